The molecule has 0 spiro atoms. The minimum absolute atomic E-state index is 0.331. The Balaban J connectivity index is 2.13. The molecular formula is C14H13N3O2. The molecule has 3 rings (SSSR count). The standard InChI is InChI=1S/C14H13N3O2/c1-2-10-5-6-11(18-10)13-12(14(15)17-19-13)9-4-3-7-16-8-9/h3-8H,2H2,1H3,(H2,15,17). The number of hydrogen-bond acceptors (Lipinski definition) is 5. The molecule has 0 unspecified atom stereocenters. The van der Waals surface area contributed by atoms with Gasteiger partial charge in [-0.15, -0.1) is 0 Å². The van der Waals surface area contributed by atoms with E-state index in [1.165, 1.54) is 0 Å². The van der Waals surface area contributed by atoms with Crippen LogP contribution < -0.4 is 5.73 Å². The first-order valence-corrected chi connectivity index (χ1v) is 6.04. The fourth-order valence-electron chi connectivity index (χ4n) is 1.95. The van der Waals surface area contributed by atoms with Crippen LogP contribution in [-0.4, -0.2) is 10.1 Å². The summed E-state index contributed by atoms with van der Waals surface area (Å²) in [6.45, 7) is 2.03. The number of anilines is 1. The first-order chi connectivity index (χ1) is 9.29. The summed E-state index contributed by atoms with van der Waals surface area (Å²) in [6, 6.07) is 7.52. The summed E-state index contributed by atoms with van der Waals surface area (Å²) in [4.78, 5) is 4.08. The first kappa shape index (κ1) is 11.5. The SMILES string of the molecule is CCc1ccc(-c2onc(N)c2-c2cccnc2)o1. The van der Waals surface area contributed by atoms with Crippen molar-refractivity contribution in [1.29, 1.82) is 0 Å². The van der Waals surface area contributed by atoms with E-state index in [1.54, 1.807) is 12.4 Å². The Morgan fingerprint density at radius 3 is 2.84 bits per heavy atom. The number of nitrogen functional groups attached to an aromatic ring is 1. The maximum Gasteiger partial charge on any atom is 0.212 e. The molecule has 0 aliphatic rings. The molecule has 0 radical (unpaired) electrons. The van der Waals surface area contributed by atoms with Crippen LogP contribution in [0.5, 0.6) is 0 Å². The Morgan fingerprint density at radius 1 is 1.26 bits per heavy atom. The first-order valence-electron chi connectivity index (χ1n) is 6.04. The molecule has 0 bridgehead atoms. The largest absolute Gasteiger partial charge is 0.458 e. The Labute approximate surface area is 110 Å². The molecule has 3 aromatic rings. The second-order valence-electron chi connectivity index (χ2n) is 4.13. The van der Waals surface area contributed by atoms with E-state index in [2.05, 4.69) is 10.1 Å². The van der Waals surface area contributed by atoms with Crippen LogP contribution in [0.15, 0.2) is 45.6 Å². The quantitative estimate of drug-likeness (QED) is 0.777. The normalized spacial score (nSPS) is 10.8. The number of rotatable bonds is 3. The zero-order valence-corrected chi connectivity index (χ0v) is 10.5. The maximum atomic E-state index is 5.88. The summed E-state index contributed by atoms with van der Waals surface area (Å²) in [7, 11) is 0. The number of furan rings is 1. The van der Waals surface area contributed by atoms with Gasteiger partial charge >= 0.3 is 0 Å². The topological polar surface area (TPSA) is 78.1 Å². The van der Waals surface area contributed by atoms with E-state index in [1.807, 2.05) is 31.2 Å². The molecule has 0 aliphatic heterocycles. The van der Waals surface area contributed by atoms with E-state index < -0.39 is 0 Å². The van der Waals surface area contributed by atoms with Gasteiger partial charge in [0.15, 0.2) is 11.6 Å². The molecule has 0 aliphatic carbocycles. The summed E-state index contributed by atoms with van der Waals surface area (Å²) < 4.78 is 11.0. The summed E-state index contributed by atoms with van der Waals surface area (Å²) in [5.41, 5.74) is 7.44. The molecule has 3 heterocycles. The molecule has 0 saturated carbocycles. The average Bonchev–Trinajstić information content (AvgIpc) is 3.05. The van der Waals surface area contributed by atoms with Gasteiger partial charge < -0.3 is 14.7 Å². The minimum Gasteiger partial charge on any atom is -0.458 e. The molecule has 5 nitrogen and oxygen atoms in total. The number of aromatic nitrogens is 2. The average molecular weight is 255 g/mol. The van der Waals surface area contributed by atoms with Gasteiger partial charge in [0.2, 0.25) is 5.76 Å². The summed E-state index contributed by atoms with van der Waals surface area (Å²) in [5, 5.41) is 3.82. The van der Waals surface area contributed by atoms with Gasteiger partial charge in [0.1, 0.15) is 5.76 Å². The maximum absolute atomic E-state index is 5.88. The van der Waals surface area contributed by atoms with Gasteiger partial charge in [-0.05, 0) is 18.2 Å². The van der Waals surface area contributed by atoms with Crippen molar-refractivity contribution in [3.63, 3.8) is 0 Å². The van der Waals surface area contributed by atoms with Crippen LogP contribution in [0.1, 0.15) is 12.7 Å². The fourth-order valence-corrected chi connectivity index (χ4v) is 1.95. The minimum atomic E-state index is 0.331. The van der Waals surface area contributed by atoms with Gasteiger partial charge in [-0.3, -0.25) is 4.98 Å². The van der Waals surface area contributed by atoms with Gasteiger partial charge in [-0.2, -0.15) is 0 Å². The van der Waals surface area contributed by atoms with Crippen molar-refractivity contribution in [3.8, 4) is 22.6 Å². The van der Waals surface area contributed by atoms with Crippen LogP contribution in [0.25, 0.3) is 22.6 Å². The molecular weight excluding hydrogens is 242 g/mol. The van der Waals surface area contributed by atoms with Crippen molar-refractivity contribution in [2.75, 3.05) is 5.73 Å². The van der Waals surface area contributed by atoms with Gasteiger partial charge in [-0.25, -0.2) is 0 Å². The lowest BCUT2D eigenvalue weighted by Crippen LogP contribution is -1.88. The fraction of sp³-hybridized carbons (Fsp3) is 0.143. The highest BCUT2D eigenvalue weighted by Crippen LogP contribution is 2.36. The number of pyridine rings is 1. The third kappa shape index (κ3) is 1.99. The molecule has 0 fully saturated rings. The Hall–Kier alpha value is -2.56. The predicted molar refractivity (Wildman–Crippen MR) is 71.2 cm³/mol. The lowest BCUT2D eigenvalue weighted by atomic mass is 10.1. The van der Waals surface area contributed by atoms with Crippen molar-refractivity contribution >= 4 is 5.82 Å². The number of nitrogens with zero attached hydrogens (tertiary/aromatic N) is 2. The van der Waals surface area contributed by atoms with Crippen molar-refractivity contribution in [1.82, 2.24) is 10.1 Å². The van der Waals surface area contributed by atoms with Crippen LogP contribution in [0.2, 0.25) is 0 Å². The van der Waals surface area contributed by atoms with E-state index in [9.17, 15) is 0 Å². The van der Waals surface area contributed by atoms with Crippen molar-refractivity contribution in [3.05, 3.63) is 42.4 Å². The zero-order chi connectivity index (χ0) is 13.2. The second-order valence-corrected chi connectivity index (χ2v) is 4.13. The second kappa shape index (κ2) is 4.61. The highest BCUT2D eigenvalue weighted by molar-refractivity contribution is 5.84. The van der Waals surface area contributed by atoms with Gasteiger partial charge in [0, 0.05) is 24.4 Å². The van der Waals surface area contributed by atoms with Gasteiger partial charge in [0.25, 0.3) is 0 Å². The third-order valence-electron chi connectivity index (χ3n) is 2.90. The predicted octanol–water partition coefficient (Wildman–Crippen LogP) is 3.14. The molecule has 0 atom stereocenters. The Bertz CT molecular complexity index is 686. The third-order valence-corrected chi connectivity index (χ3v) is 2.90. The number of hydrogen-bond donors (Lipinski definition) is 1. The summed E-state index contributed by atoms with van der Waals surface area (Å²) in [5.74, 6) is 2.38. The molecule has 3 aromatic heterocycles. The van der Waals surface area contributed by atoms with Crippen LogP contribution in [0, 0.1) is 0 Å². The number of aryl methyl sites for hydroxylation is 1. The van der Waals surface area contributed by atoms with Crippen LogP contribution >= 0.6 is 0 Å². The summed E-state index contributed by atoms with van der Waals surface area (Å²) in [6.07, 6.45) is 4.25. The zero-order valence-electron chi connectivity index (χ0n) is 10.5. The highest BCUT2D eigenvalue weighted by atomic mass is 16.5. The summed E-state index contributed by atoms with van der Waals surface area (Å²) >= 11 is 0. The Morgan fingerprint density at radius 2 is 2.16 bits per heavy atom. The molecule has 96 valence electrons. The van der Waals surface area contributed by atoms with Gasteiger partial charge in [-0.1, -0.05) is 18.1 Å². The van der Waals surface area contributed by atoms with E-state index >= 15 is 0 Å². The molecule has 0 aromatic carbocycles. The van der Waals surface area contributed by atoms with E-state index in [4.69, 9.17) is 14.7 Å². The molecule has 0 saturated heterocycles. The monoisotopic (exact) mass is 255 g/mol. The van der Waals surface area contributed by atoms with E-state index in [-0.39, 0.29) is 0 Å². The molecule has 2 N–H and O–H groups in total. The van der Waals surface area contributed by atoms with Crippen LogP contribution in [-0.2, 0) is 6.42 Å². The van der Waals surface area contributed by atoms with Crippen LogP contribution in [0.4, 0.5) is 5.82 Å². The van der Waals surface area contributed by atoms with E-state index in [0.29, 0.717) is 22.9 Å². The van der Waals surface area contributed by atoms with E-state index in [0.717, 1.165) is 17.7 Å². The van der Waals surface area contributed by atoms with Crippen molar-refractivity contribution < 1.29 is 8.94 Å². The molecule has 19 heavy (non-hydrogen) atoms. The lowest BCUT2D eigenvalue weighted by molar-refractivity contribution is 0.416. The van der Waals surface area contributed by atoms with Crippen molar-refractivity contribution in [2.24, 2.45) is 0 Å². The van der Waals surface area contributed by atoms with Gasteiger partial charge in [0.05, 0.1) is 5.56 Å². The lowest BCUT2D eigenvalue weighted by Gasteiger charge is -1.99. The molecule has 0 amide bonds. The number of nitrogens with two attached hydrogens (primary N) is 1. The Kier molecular flexibility index (Phi) is 2.79. The highest BCUT2D eigenvalue weighted by Gasteiger charge is 2.20. The smallest absolute Gasteiger partial charge is 0.212 e. The molecule has 5 heteroatoms. The van der Waals surface area contributed by atoms with Crippen molar-refractivity contribution in [2.45, 2.75) is 13.3 Å². The van der Waals surface area contributed by atoms with Crippen LogP contribution in [0.3, 0.4) is 0 Å².